The number of nitrogens with one attached hydrogen (secondary N) is 2. The van der Waals surface area contributed by atoms with E-state index in [0.29, 0.717) is 6.04 Å². The Hall–Kier alpha value is -0.120. The van der Waals surface area contributed by atoms with Gasteiger partial charge in [0.2, 0.25) is 0 Å². The first kappa shape index (κ1) is 13.3. The van der Waals surface area contributed by atoms with Gasteiger partial charge in [-0.25, -0.2) is 0 Å². The molecule has 0 aliphatic carbocycles. The van der Waals surface area contributed by atoms with Gasteiger partial charge in [-0.05, 0) is 65.7 Å². The highest BCUT2D eigenvalue weighted by Gasteiger charge is 2.20. The first-order valence-electron chi connectivity index (χ1n) is 7.42. The van der Waals surface area contributed by atoms with Crippen LogP contribution < -0.4 is 10.6 Å². The van der Waals surface area contributed by atoms with Gasteiger partial charge in [0.05, 0.1) is 0 Å². The van der Waals surface area contributed by atoms with Gasteiger partial charge in [0.1, 0.15) is 0 Å². The molecule has 2 atom stereocenters. The maximum atomic E-state index is 3.82. The maximum absolute atomic E-state index is 3.82. The second-order valence-electron chi connectivity index (χ2n) is 6.03. The van der Waals surface area contributed by atoms with Gasteiger partial charge >= 0.3 is 0 Å². The molecule has 2 unspecified atom stereocenters. The number of rotatable bonds is 4. The molecule has 0 spiro atoms. The second kappa shape index (κ2) is 6.72. The molecule has 2 fully saturated rings. The van der Waals surface area contributed by atoms with E-state index in [0.717, 1.165) is 12.1 Å². The molecular formula is C14H29N3. The quantitative estimate of drug-likeness (QED) is 0.780. The Morgan fingerprint density at radius 1 is 1.24 bits per heavy atom. The Bertz CT molecular complexity index is 206. The highest BCUT2D eigenvalue weighted by Crippen LogP contribution is 2.14. The predicted molar refractivity (Wildman–Crippen MR) is 73.4 cm³/mol. The summed E-state index contributed by atoms with van der Waals surface area (Å²) in [5.41, 5.74) is 0. The van der Waals surface area contributed by atoms with Crippen molar-refractivity contribution in [3.05, 3.63) is 0 Å². The van der Waals surface area contributed by atoms with Gasteiger partial charge in [-0.3, -0.25) is 0 Å². The molecule has 2 rings (SSSR count). The van der Waals surface area contributed by atoms with Crippen LogP contribution in [0.5, 0.6) is 0 Å². The fourth-order valence-corrected chi connectivity index (χ4v) is 3.20. The Labute approximate surface area is 106 Å². The van der Waals surface area contributed by atoms with E-state index in [2.05, 4.69) is 29.5 Å². The van der Waals surface area contributed by atoms with E-state index in [-0.39, 0.29) is 0 Å². The van der Waals surface area contributed by atoms with E-state index >= 15 is 0 Å². The van der Waals surface area contributed by atoms with Gasteiger partial charge < -0.3 is 15.5 Å². The predicted octanol–water partition coefficient (Wildman–Crippen LogP) is 1.59. The van der Waals surface area contributed by atoms with E-state index in [9.17, 15) is 0 Å². The third kappa shape index (κ3) is 4.57. The normalized spacial score (nSPS) is 30.4. The zero-order valence-corrected chi connectivity index (χ0v) is 11.5. The van der Waals surface area contributed by atoms with E-state index in [1.54, 1.807) is 0 Å². The summed E-state index contributed by atoms with van der Waals surface area (Å²) >= 11 is 0. The number of hydrogen-bond acceptors (Lipinski definition) is 3. The minimum absolute atomic E-state index is 0.666. The van der Waals surface area contributed by atoms with Gasteiger partial charge in [-0.15, -0.1) is 0 Å². The van der Waals surface area contributed by atoms with Crippen LogP contribution >= 0.6 is 0 Å². The number of likely N-dealkylation sites (tertiary alicyclic amines) is 1. The SMILES string of the molecule is CC(CC1CCCCN1)NC1CCN(C)CC1. The summed E-state index contributed by atoms with van der Waals surface area (Å²) in [6, 6.07) is 2.18. The summed E-state index contributed by atoms with van der Waals surface area (Å²) in [5, 5.41) is 7.47. The molecule has 17 heavy (non-hydrogen) atoms. The van der Waals surface area contributed by atoms with E-state index < -0.39 is 0 Å². The lowest BCUT2D eigenvalue weighted by molar-refractivity contribution is 0.219. The lowest BCUT2D eigenvalue weighted by Gasteiger charge is -2.33. The fraction of sp³-hybridized carbons (Fsp3) is 1.00. The molecule has 3 heteroatoms. The summed E-state index contributed by atoms with van der Waals surface area (Å²) in [4.78, 5) is 2.44. The zero-order valence-electron chi connectivity index (χ0n) is 11.5. The monoisotopic (exact) mass is 239 g/mol. The van der Waals surface area contributed by atoms with E-state index in [1.807, 2.05) is 0 Å². The molecule has 0 aromatic heterocycles. The third-order valence-electron chi connectivity index (χ3n) is 4.29. The van der Waals surface area contributed by atoms with Gasteiger partial charge in [0.15, 0.2) is 0 Å². The van der Waals surface area contributed by atoms with Crippen LogP contribution in [0.15, 0.2) is 0 Å². The smallest absolute Gasteiger partial charge is 0.00938 e. The molecule has 0 bridgehead atoms. The van der Waals surface area contributed by atoms with Crippen LogP contribution in [0.1, 0.15) is 45.4 Å². The minimum Gasteiger partial charge on any atom is -0.314 e. The lowest BCUT2D eigenvalue weighted by atomic mass is 9.97. The molecule has 2 aliphatic heterocycles. The summed E-state index contributed by atoms with van der Waals surface area (Å²) in [7, 11) is 2.23. The fourth-order valence-electron chi connectivity index (χ4n) is 3.20. The van der Waals surface area contributed by atoms with Gasteiger partial charge in [-0.1, -0.05) is 6.42 Å². The van der Waals surface area contributed by atoms with Crippen molar-refractivity contribution < 1.29 is 0 Å². The summed E-state index contributed by atoms with van der Waals surface area (Å²) in [6.45, 7) is 6.10. The average Bonchev–Trinajstić information content (AvgIpc) is 2.33. The van der Waals surface area contributed by atoms with Gasteiger partial charge in [0.25, 0.3) is 0 Å². The van der Waals surface area contributed by atoms with Crippen molar-refractivity contribution in [2.45, 2.75) is 63.6 Å². The lowest BCUT2D eigenvalue weighted by Crippen LogP contribution is -2.47. The van der Waals surface area contributed by atoms with Crippen LogP contribution in [0.3, 0.4) is 0 Å². The number of nitrogens with zero attached hydrogens (tertiary/aromatic N) is 1. The number of piperidine rings is 2. The molecule has 0 aromatic rings. The average molecular weight is 239 g/mol. The molecular weight excluding hydrogens is 210 g/mol. The molecule has 0 radical (unpaired) electrons. The highest BCUT2D eigenvalue weighted by molar-refractivity contribution is 4.82. The Kier molecular flexibility index (Phi) is 5.26. The van der Waals surface area contributed by atoms with Crippen LogP contribution in [0.2, 0.25) is 0 Å². The van der Waals surface area contributed by atoms with Crippen molar-refractivity contribution in [2.75, 3.05) is 26.7 Å². The van der Waals surface area contributed by atoms with Crippen molar-refractivity contribution in [3.8, 4) is 0 Å². The summed E-state index contributed by atoms with van der Waals surface area (Å²) in [5.74, 6) is 0. The van der Waals surface area contributed by atoms with Crippen molar-refractivity contribution in [1.82, 2.24) is 15.5 Å². The second-order valence-corrected chi connectivity index (χ2v) is 6.03. The van der Waals surface area contributed by atoms with Crippen LogP contribution in [-0.2, 0) is 0 Å². The molecule has 100 valence electrons. The van der Waals surface area contributed by atoms with Crippen molar-refractivity contribution in [2.24, 2.45) is 0 Å². The van der Waals surface area contributed by atoms with E-state index in [4.69, 9.17) is 0 Å². The summed E-state index contributed by atoms with van der Waals surface area (Å²) in [6.07, 6.45) is 8.09. The van der Waals surface area contributed by atoms with E-state index in [1.165, 1.54) is 58.2 Å². The molecule has 0 saturated carbocycles. The number of hydrogen-bond donors (Lipinski definition) is 2. The molecule has 2 saturated heterocycles. The first-order valence-corrected chi connectivity index (χ1v) is 7.42. The molecule has 0 amide bonds. The van der Waals surface area contributed by atoms with Crippen LogP contribution in [0.4, 0.5) is 0 Å². The zero-order chi connectivity index (χ0) is 12.1. The highest BCUT2D eigenvalue weighted by atomic mass is 15.1. The van der Waals surface area contributed by atoms with Gasteiger partial charge in [-0.2, -0.15) is 0 Å². The van der Waals surface area contributed by atoms with Crippen molar-refractivity contribution in [1.29, 1.82) is 0 Å². The molecule has 2 N–H and O–H groups in total. The Balaban J connectivity index is 1.64. The van der Waals surface area contributed by atoms with Crippen LogP contribution in [0, 0.1) is 0 Å². The topological polar surface area (TPSA) is 27.3 Å². The molecule has 3 nitrogen and oxygen atoms in total. The van der Waals surface area contributed by atoms with Gasteiger partial charge in [0, 0.05) is 18.1 Å². The third-order valence-corrected chi connectivity index (χ3v) is 4.29. The maximum Gasteiger partial charge on any atom is 0.00938 e. The van der Waals surface area contributed by atoms with Crippen LogP contribution in [-0.4, -0.2) is 49.7 Å². The molecule has 2 aliphatic rings. The largest absolute Gasteiger partial charge is 0.314 e. The first-order chi connectivity index (χ1) is 8.24. The van der Waals surface area contributed by atoms with Crippen molar-refractivity contribution in [3.63, 3.8) is 0 Å². The Morgan fingerprint density at radius 3 is 2.65 bits per heavy atom. The molecule has 0 aromatic carbocycles. The molecule has 2 heterocycles. The van der Waals surface area contributed by atoms with Crippen LogP contribution in [0.25, 0.3) is 0 Å². The minimum atomic E-state index is 0.666. The standard InChI is InChI=1S/C14H29N3/c1-12(11-14-5-3-4-8-15-14)16-13-6-9-17(2)10-7-13/h12-16H,3-11H2,1-2H3. The Morgan fingerprint density at radius 2 is 2.00 bits per heavy atom. The van der Waals surface area contributed by atoms with Crippen molar-refractivity contribution >= 4 is 0 Å². The summed E-state index contributed by atoms with van der Waals surface area (Å²) < 4.78 is 0.